The normalized spacial score (nSPS) is 15.6. The number of nitrogens with zero attached hydrogens (tertiary/aromatic N) is 4. The lowest BCUT2D eigenvalue weighted by molar-refractivity contribution is -0.119. The maximum atomic E-state index is 13.5. The summed E-state index contributed by atoms with van der Waals surface area (Å²) >= 11 is 0. The maximum Gasteiger partial charge on any atom is 0.317 e. The Balaban J connectivity index is 1.49. The van der Waals surface area contributed by atoms with Crippen molar-refractivity contribution in [2.75, 3.05) is 5.32 Å². The van der Waals surface area contributed by atoms with Gasteiger partial charge in [0.25, 0.3) is 5.89 Å². The average molecular weight is 427 g/mol. The number of halogens is 1. The Morgan fingerprint density at radius 3 is 2.59 bits per heavy atom. The number of carbonyl (C=O) groups excluding carboxylic acids is 1. The second-order valence-corrected chi connectivity index (χ2v) is 7.37. The lowest BCUT2D eigenvalue weighted by Crippen LogP contribution is -2.29. The van der Waals surface area contributed by atoms with Gasteiger partial charge in [0.1, 0.15) is 11.5 Å². The van der Waals surface area contributed by atoms with Crippen molar-refractivity contribution in [2.45, 2.75) is 19.5 Å². The minimum Gasteiger partial charge on any atom is -0.402 e. The highest BCUT2D eigenvalue weighted by molar-refractivity contribution is 6.16. The summed E-state index contributed by atoms with van der Waals surface area (Å²) in [6, 6.07) is 20.2. The highest BCUT2D eigenvalue weighted by Gasteiger charge is 2.27. The molecule has 0 fully saturated rings. The Labute approximate surface area is 183 Å². The predicted octanol–water partition coefficient (Wildman–Crippen LogP) is 3.98. The van der Waals surface area contributed by atoms with Crippen LogP contribution in [0.5, 0.6) is 0 Å². The summed E-state index contributed by atoms with van der Waals surface area (Å²) in [6.45, 7) is 1.55. The second-order valence-electron chi connectivity index (χ2n) is 7.37. The molecule has 2 aromatic heterocycles. The van der Waals surface area contributed by atoms with Crippen molar-refractivity contribution >= 4 is 17.5 Å². The number of rotatable bonds is 4. The Kier molecular flexibility index (Phi) is 5.03. The Morgan fingerprint density at radius 2 is 1.78 bits per heavy atom. The van der Waals surface area contributed by atoms with Crippen molar-refractivity contribution in [1.82, 2.24) is 15.2 Å². The van der Waals surface area contributed by atoms with Gasteiger partial charge in [-0.25, -0.2) is 9.37 Å². The van der Waals surface area contributed by atoms with Crippen LogP contribution in [-0.4, -0.2) is 32.8 Å². The minimum absolute atomic E-state index is 0.0317. The molecule has 0 spiro atoms. The third-order valence-electron chi connectivity index (χ3n) is 5.17. The van der Waals surface area contributed by atoms with Crippen LogP contribution in [0.4, 0.5) is 10.4 Å². The van der Waals surface area contributed by atoms with Gasteiger partial charge in [0.05, 0.1) is 11.4 Å². The monoisotopic (exact) mass is 427 g/mol. The van der Waals surface area contributed by atoms with Crippen LogP contribution in [-0.2, 0) is 11.2 Å². The summed E-state index contributed by atoms with van der Waals surface area (Å²) < 4.78 is 19.1. The summed E-state index contributed by atoms with van der Waals surface area (Å²) in [5.74, 6) is -0.427. The molecule has 0 radical (unpaired) electrons. The SMILES string of the molecule is Cc1nc(-c2nnc(NC3N=C(c4ccccc4)c4ccccc4CC3=O)o2)ccc1F. The third kappa shape index (κ3) is 3.78. The van der Waals surface area contributed by atoms with E-state index in [1.807, 2.05) is 54.6 Å². The van der Waals surface area contributed by atoms with Crippen molar-refractivity contribution in [2.24, 2.45) is 4.99 Å². The van der Waals surface area contributed by atoms with Crippen LogP contribution in [0.25, 0.3) is 11.6 Å². The molecule has 0 saturated carbocycles. The summed E-state index contributed by atoms with van der Waals surface area (Å²) in [5, 5.41) is 10.9. The molecule has 1 aliphatic rings. The zero-order valence-corrected chi connectivity index (χ0v) is 17.1. The molecule has 8 heteroatoms. The van der Waals surface area contributed by atoms with Crippen LogP contribution in [0, 0.1) is 12.7 Å². The predicted molar refractivity (Wildman–Crippen MR) is 117 cm³/mol. The number of hydrogen-bond acceptors (Lipinski definition) is 7. The molecule has 0 bridgehead atoms. The van der Waals surface area contributed by atoms with Gasteiger partial charge >= 0.3 is 6.01 Å². The van der Waals surface area contributed by atoms with E-state index in [-0.39, 0.29) is 29.8 Å². The van der Waals surface area contributed by atoms with Gasteiger partial charge < -0.3 is 9.73 Å². The summed E-state index contributed by atoms with van der Waals surface area (Å²) in [5.41, 5.74) is 4.00. The molecular weight excluding hydrogens is 409 g/mol. The van der Waals surface area contributed by atoms with Gasteiger partial charge in [-0.1, -0.05) is 59.7 Å². The van der Waals surface area contributed by atoms with Crippen LogP contribution < -0.4 is 5.32 Å². The van der Waals surface area contributed by atoms with E-state index in [4.69, 9.17) is 9.41 Å². The Bertz CT molecular complexity index is 1330. The standard InChI is InChI=1S/C24H18FN5O2/c1-14-18(25)11-12-19(26-14)23-29-30-24(32-23)28-22-20(31)13-16-9-5-6-10-17(16)21(27-22)15-7-3-2-4-8-15/h2-12,22H,13H2,1H3,(H,28,30). The zero-order valence-electron chi connectivity index (χ0n) is 17.1. The van der Waals surface area contributed by atoms with E-state index in [9.17, 15) is 9.18 Å². The van der Waals surface area contributed by atoms with Gasteiger partial charge in [-0.2, -0.15) is 0 Å². The molecule has 3 heterocycles. The van der Waals surface area contributed by atoms with E-state index < -0.39 is 12.0 Å². The number of aryl methyl sites for hydroxylation is 1. The fourth-order valence-electron chi connectivity index (χ4n) is 3.56. The van der Waals surface area contributed by atoms with Crippen molar-refractivity contribution in [3.63, 3.8) is 0 Å². The lowest BCUT2D eigenvalue weighted by Gasteiger charge is -2.11. The molecule has 0 aliphatic carbocycles. The zero-order chi connectivity index (χ0) is 22.1. The molecule has 0 saturated heterocycles. The molecule has 1 aliphatic heterocycles. The number of aromatic nitrogens is 3. The first-order chi connectivity index (χ1) is 15.6. The quantitative estimate of drug-likeness (QED) is 0.530. The van der Waals surface area contributed by atoms with E-state index in [0.717, 1.165) is 16.7 Å². The molecule has 4 aromatic rings. The molecular formula is C24H18FN5O2. The van der Waals surface area contributed by atoms with Gasteiger partial charge in [-0.15, -0.1) is 5.10 Å². The van der Waals surface area contributed by atoms with Crippen molar-refractivity contribution in [3.8, 4) is 11.6 Å². The number of carbonyl (C=O) groups is 1. The third-order valence-corrected chi connectivity index (χ3v) is 5.17. The molecule has 2 aromatic carbocycles. The molecule has 1 N–H and O–H groups in total. The number of aliphatic imine (C=N–C) groups is 1. The van der Waals surface area contributed by atoms with E-state index in [1.165, 1.54) is 12.1 Å². The first-order valence-corrected chi connectivity index (χ1v) is 10.1. The average Bonchev–Trinajstić information content (AvgIpc) is 3.22. The molecule has 7 nitrogen and oxygen atoms in total. The fraction of sp³-hybridized carbons (Fsp3) is 0.125. The molecule has 1 unspecified atom stereocenters. The summed E-state index contributed by atoms with van der Waals surface area (Å²) in [4.78, 5) is 21.9. The largest absolute Gasteiger partial charge is 0.402 e. The van der Waals surface area contributed by atoms with Crippen LogP contribution in [0.15, 0.2) is 76.1 Å². The van der Waals surface area contributed by atoms with Crippen LogP contribution in [0.1, 0.15) is 22.4 Å². The number of hydrogen-bond donors (Lipinski definition) is 1. The summed E-state index contributed by atoms with van der Waals surface area (Å²) in [6.07, 6.45) is -0.693. The Morgan fingerprint density at radius 1 is 1.00 bits per heavy atom. The second kappa shape index (κ2) is 8.14. The molecule has 32 heavy (non-hydrogen) atoms. The van der Waals surface area contributed by atoms with E-state index >= 15 is 0 Å². The van der Waals surface area contributed by atoms with Gasteiger partial charge in [0, 0.05) is 17.5 Å². The molecule has 1 atom stereocenters. The maximum absolute atomic E-state index is 13.5. The van der Waals surface area contributed by atoms with Gasteiger partial charge in [0.15, 0.2) is 11.9 Å². The highest BCUT2D eigenvalue weighted by Crippen LogP contribution is 2.24. The van der Waals surface area contributed by atoms with E-state index in [0.29, 0.717) is 11.4 Å². The number of anilines is 1. The van der Waals surface area contributed by atoms with Gasteiger partial charge in [-0.05, 0) is 24.6 Å². The number of Topliss-reactive ketones (excluding diaryl/α,β-unsaturated/α-hetero) is 1. The lowest BCUT2D eigenvalue weighted by atomic mass is 9.96. The van der Waals surface area contributed by atoms with Gasteiger partial charge in [-0.3, -0.25) is 9.79 Å². The van der Waals surface area contributed by atoms with E-state index in [2.05, 4.69) is 20.5 Å². The van der Waals surface area contributed by atoms with Gasteiger partial charge in [0.2, 0.25) is 0 Å². The van der Waals surface area contributed by atoms with Crippen molar-refractivity contribution in [3.05, 3.63) is 94.9 Å². The molecule has 5 rings (SSSR count). The van der Waals surface area contributed by atoms with E-state index in [1.54, 1.807) is 6.92 Å². The number of pyridine rings is 1. The van der Waals surface area contributed by atoms with Crippen molar-refractivity contribution < 1.29 is 13.6 Å². The van der Waals surface area contributed by atoms with Crippen LogP contribution in [0.3, 0.4) is 0 Å². The number of fused-ring (bicyclic) bond motifs is 1. The molecule has 0 amide bonds. The number of benzene rings is 2. The first kappa shape index (κ1) is 19.7. The fourth-order valence-corrected chi connectivity index (χ4v) is 3.56. The topological polar surface area (TPSA) is 93.3 Å². The highest BCUT2D eigenvalue weighted by atomic mass is 19.1. The number of nitrogens with one attached hydrogen (secondary N) is 1. The smallest absolute Gasteiger partial charge is 0.317 e. The number of ketones is 1. The summed E-state index contributed by atoms with van der Waals surface area (Å²) in [7, 11) is 0. The van der Waals surface area contributed by atoms with Crippen molar-refractivity contribution in [1.29, 1.82) is 0 Å². The minimum atomic E-state index is -0.909. The first-order valence-electron chi connectivity index (χ1n) is 10.1. The van der Waals surface area contributed by atoms with Crippen LogP contribution >= 0.6 is 0 Å². The van der Waals surface area contributed by atoms with Crippen LogP contribution in [0.2, 0.25) is 0 Å². The molecule has 158 valence electrons. The Hall–Kier alpha value is -4.20.